The first-order valence-electron chi connectivity index (χ1n) is 11.0. The number of hydrogen-bond acceptors (Lipinski definition) is 0. The molecular formula is C26H46Cl2FeP2Pd+2. The van der Waals surface area contributed by atoms with Crippen molar-refractivity contribution in [2.45, 2.75) is 117 Å². The van der Waals surface area contributed by atoms with Crippen LogP contribution >= 0.6 is 36.0 Å². The molecule has 0 aliphatic heterocycles. The third-order valence-corrected chi connectivity index (χ3v) is 11.9. The molecule has 0 saturated heterocycles. The molecule has 0 aromatic carbocycles. The molecule has 2 aliphatic carbocycles. The van der Waals surface area contributed by atoms with Gasteiger partial charge in [-0.2, -0.15) is 0 Å². The van der Waals surface area contributed by atoms with E-state index in [1.807, 2.05) is 0 Å². The topological polar surface area (TPSA) is 0 Å². The maximum atomic E-state index is 4.76. The van der Waals surface area contributed by atoms with Crippen molar-refractivity contribution in [2.75, 3.05) is 0 Å². The van der Waals surface area contributed by atoms with E-state index in [0.717, 1.165) is 0 Å². The summed E-state index contributed by atoms with van der Waals surface area (Å²) in [6.45, 7) is 28.5. The van der Waals surface area contributed by atoms with E-state index >= 15 is 0 Å². The first kappa shape index (κ1) is 35.7. The zero-order valence-electron chi connectivity index (χ0n) is 22.2. The van der Waals surface area contributed by atoms with Gasteiger partial charge in [-0.05, 0) is 44.1 Å². The summed E-state index contributed by atoms with van der Waals surface area (Å²) in [5.41, 5.74) is 0. The molecule has 0 radical (unpaired) electrons. The van der Waals surface area contributed by atoms with Crippen molar-refractivity contribution in [1.82, 2.24) is 0 Å². The first-order chi connectivity index (χ1) is 13.9. The maximum absolute atomic E-state index is 4.76. The molecule has 0 nitrogen and oxygen atoms in total. The van der Waals surface area contributed by atoms with Crippen LogP contribution in [-0.4, -0.2) is 20.6 Å². The van der Waals surface area contributed by atoms with Crippen molar-refractivity contribution >= 4 is 36.0 Å². The second-order valence-corrected chi connectivity index (χ2v) is 21.7. The van der Waals surface area contributed by atoms with E-state index in [1.165, 1.54) is 12.8 Å². The van der Waals surface area contributed by atoms with Gasteiger partial charge in [-0.15, -0.1) is 0 Å². The molecule has 0 unspecified atom stereocenters. The molecule has 0 amide bonds. The van der Waals surface area contributed by atoms with Gasteiger partial charge in [0.1, 0.15) is 0 Å². The fourth-order valence-electron chi connectivity index (χ4n) is 4.94. The molecule has 2 aliphatic rings. The molecule has 0 fully saturated rings. The Morgan fingerprint density at radius 3 is 0.938 bits per heavy atom. The van der Waals surface area contributed by atoms with Gasteiger partial charge >= 0.3 is 53.8 Å². The summed E-state index contributed by atoms with van der Waals surface area (Å²) in [4.78, 5) is 0. The van der Waals surface area contributed by atoms with Crippen molar-refractivity contribution in [2.24, 2.45) is 0 Å². The predicted octanol–water partition coefficient (Wildman–Crippen LogP) is 11.2. The van der Waals surface area contributed by atoms with Crippen LogP contribution in [0.3, 0.4) is 0 Å². The Bertz CT molecular complexity index is 584. The second kappa shape index (κ2) is 15.0. The molecule has 0 heterocycles. The predicted molar refractivity (Wildman–Crippen MR) is 148 cm³/mol. The van der Waals surface area contributed by atoms with E-state index in [-0.39, 0.29) is 49.4 Å². The minimum atomic E-state index is -0.0453. The van der Waals surface area contributed by atoms with Gasteiger partial charge in [-0.3, -0.25) is 0 Å². The van der Waals surface area contributed by atoms with Gasteiger partial charge in [-0.25, -0.2) is 0 Å². The summed E-state index contributed by atoms with van der Waals surface area (Å²) < 4.78 is 0. The average Bonchev–Trinajstić information content (AvgIpc) is 3.16. The van der Waals surface area contributed by atoms with Crippen LogP contribution < -0.4 is 0 Å². The van der Waals surface area contributed by atoms with Gasteiger partial charge in [0, 0.05) is 0 Å². The Balaban J connectivity index is 0. The molecule has 0 bridgehead atoms. The maximum Gasteiger partial charge on any atom is 2.00 e. The fourth-order valence-corrected chi connectivity index (χ4v) is 13.5. The molecule has 190 valence electrons. The van der Waals surface area contributed by atoms with E-state index in [4.69, 9.17) is 20.2 Å². The van der Waals surface area contributed by atoms with Crippen LogP contribution in [0.15, 0.2) is 47.1 Å². The Kier molecular flexibility index (Phi) is 16.7. The van der Waals surface area contributed by atoms with Gasteiger partial charge < -0.3 is 0 Å². The van der Waals surface area contributed by atoms with Crippen LogP contribution in [0.2, 0.25) is 0 Å². The molecule has 0 aromatic heterocycles. The van der Waals surface area contributed by atoms with Crippen LogP contribution in [-0.2, 0) is 33.6 Å². The van der Waals surface area contributed by atoms with Crippen molar-refractivity contribution in [1.29, 1.82) is 0 Å². The van der Waals surface area contributed by atoms with E-state index in [2.05, 4.69) is 120 Å². The summed E-state index contributed by atoms with van der Waals surface area (Å²) in [7, 11) is 9.44. The van der Waals surface area contributed by atoms with Gasteiger partial charge in [0.25, 0.3) is 0 Å². The van der Waals surface area contributed by atoms with Gasteiger partial charge in [0.05, 0.1) is 0 Å². The van der Waals surface area contributed by atoms with Gasteiger partial charge in [-0.1, -0.05) is 135 Å². The molecule has 0 atom stereocenters. The summed E-state index contributed by atoms with van der Waals surface area (Å²) in [6.07, 6.45) is 16.0. The zero-order valence-corrected chi connectivity index (χ0v) is 28.2. The van der Waals surface area contributed by atoms with Crippen molar-refractivity contribution < 1.29 is 33.6 Å². The number of hydrogen-bond donors (Lipinski definition) is 0. The minimum absolute atomic E-state index is 0. The fraction of sp³-hybridized carbons (Fsp3) is 0.692. The molecule has 0 aromatic rings. The van der Waals surface area contributed by atoms with Crippen molar-refractivity contribution in [3.05, 3.63) is 47.1 Å². The smallest absolute Gasteiger partial charge is 2.00 e. The van der Waals surface area contributed by atoms with Crippen LogP contribution in [0.1, 0.15) is 95.9 Å². The Labute approximate surface area is 231 Å². The Hall–Kier alpha value is 1.58. The Morgan fingerprint density at radius 1 is 0.594 bits per heavy atom. The Morgan fingerprint density at radius 2 is 0.812 bits per heavy atom. The van der Waals surface area contributed by atoms with E-state index in [1.54, 1.807) is 10.6 Å². The van der Waals surface area contributed by atoms with Gasteiger partial charge in [0.15, 0.2) is 0 Å². The molecule has 2 rings (SSSR count). The normalized spacial score (nSPS) is 16.2. The SMILES string of the molecule is CC(C)(C)P(C1=CC=CC1)C(C)(C)C.CC(C)(C)P(C1=CC=CC1)C(C)(C)C.[Cl][Fe][Cl].[Pd+2]. The molecule has 6 heteroatoms. The zero-order chi connectivity index (χ0) is 24.7. The monoisotopic (exact) mass is 652 g/mol. The molecule has 32 heavy (non-hydrogen) atoms. The standard InChI is InChI=1S/2C13H23P.2ClH.Fe.Pd/c2*1-12(2,3)14(13(4,5)6)11-9-7-8-10-11;;;;/h2*7-9H,10H2,1-6H3;2*1H;;/q;;;;2*+2/p-2. The van der Waals surface area contributed by atoms with Crippen molar-refractivity contribution in [3.8, 4) is 0 Å². The van der Waals surface area contributed by atoms with Crippen LogP contribution in [0.25, 0.3) is 0 Å². The molecule has 0 N–H and O–H groups in total. The third kappa shape index (κ3) is 13.0. The molecular weight excluding hydrogens is 607 g/mol. The minimum Gasteiger partial charge on any atom is 2.00 e. The van der Waals surface area contributed by atoms with Crippen LogP contribution in [0.5, 0.6) is 0 Å². The average molecular weight is 654 g/mol. The second-order valence-electron chi connectivity index (χ2n) is 12.0. The summed E-state index contributed by atoms with van der Waals surface area (Å²) >= 11 is 0.194. The van der Waals surface area contributed by atoms with Gasteiger partial charge in [0.2, 0.25) is 0 Å². The van der Waals surface area contributed by atoms with Crippen LogP contribution in [0, 0.1) is 0 Å². The summed E-state index contributed by atoms with van der Waals surface area (Å²) in [5, 5.41) is 5.02. The molecule has 0 saturated carbocycles. The summed E-state index contributed by atoms with van der Waals surface area (Å²) in [5.74, 6) is 0. The van der Waals surface area contributed by atoms with E-state index in [0.29, 0.717) is 20.6 Å². The number of rotatable bonds is 2. The van der Waals surface area contributed by atoms with E-state index in [9.17, 15) is 0 Å². The first-order valence-corrected chi connectivity index (χ1v) is 16.8. The van der Waals surface area contributed by atoms with Crippen molar-refractivity contribution in [3.63, 3.8) is 0 Å². The van der Waals surface area contributed by atoms with Crippen LogP contribution in [0.4, 0.5) is 0 Å². The largest absolute Gasteiger partial charge is 2.00 e. The number of halogens is 2. The summed E-state index contributed by atoms with van der Waals surface area (Å²) in [6, 6.07) is 0. The quantitative estimate of drug-likeness (QED) is 0.206. The third-order valence-electron chi connectivity index (χ3n) is 4.76. The number of allylic oxidation sites excluding steroid dienone is 8. The molecule has 0 spiro atoms. The van der Waals surface area contributed by atoms with E-state index < -0.39 is 0 Å².